The minimum Gasteiger partial charge on any atom is -0.388 e. The zero-order chi connectivity index (χ0) is 42.2. The molecule has 0 bridgehead atoms. The number of amides is 4. The van der Waals surface area contributed by atoms with Gasteiger partial charge in [0.05, 0.1) is 24.2 Å². The van der Waals surface area contributed by atoms with Gasteiger partial charge in [-0.25, -0.2) is 0 Å². The molecule has 0 saturated carbocycles. The van der Waals surface area contributed by atoms with Crippen molar-refractivity contribution in [1.29, 1.82) is 0 Å². The van der Waals surface area contributed by atoms with Crippen LogP contribution < -0.4 is 32.7 Å². The molecule has 10 N–H and O–H groups in total. The summed E-state index contributed by atoms with van der Waals surface area (Å²) in [4.78, 5) is 54.6. The average molecular weight is 793 g/mol. The van der Waals surface area contributed by atoms with E-state index in [0.717, 1.165) is 22.3 Å². The van der Waals surface area contributed by atoms with Crippen molar-refractivity contribution < 1.29 is 29.4 Å². The fraction of sp³-hybridized carbons (Fsp3) is 0.391. The zero-order valence-electron chi connectivity index (χ0n) is 33.8. The topological polar surface area (TPSA) is 209 Å². The molecule has 12 heteroatoms. The van der Waals surface area contributed by atoms with Gasteiger partial charge in [0.2, 0.25) is 23.6 Å². The van der Waals surface area contributed by atoms with Crippen molar-refractivity contribution in [2.75, 3.05) is 0 Å². The molecule has 4 rings (SSSR count). The lowest BCUT2D eigenvalue weighted by atomic mass is 9.90. The maximum atomic E-state index is 14.0. The van der Waals surface area contributed by atoms with Gasteiger partial charge >= 0.3 is 0 Å². The van der Waals surface area contributed by atoms with Crippen molar-refractivity contribution in [3.63, 3.8) is 0 Å². The summed E-state index contributed by atoms with van der Waals surface area (Å²) in [5, 5.41) is 35.4. The number of rotatable bonds is 21. The predicted molar refractivity (Wildman–Crippen MR) is 226 cm³/mol. The van der Waals surface area contributed by atoms with Crippen LogP contribution >= 0.6 is 0 Å². The fourth-order valence-corrected chi connectivity index (χ4v) is 6.78. The van der Waals surface area contributed by atoms with Crippen LogP contribution in [0.3, 0.4) is 0 Å². The van der Waals surface area contributed by atoms with Gasteiger partial charge in [-0.2, -0.15) is 0 Å². The third-order valence-corrected chi connectivity index (χ3v) is 10.2. The summed E-state index contributed by atoms with van der Waals surface area (Å²) in [6.07, 6.45) is -2.42. The minimum atomic E-state index is -1.60. The van der Waals surface area contributed by atoms with Crippen molar-refractivity contribution in [3.8, 4) is 0 Å². The van der Waals surface area contributed by atoms with E-state index >= 15 is 0 Å². The molecule has 12 nitrogen and oxygen atoms in total. The van der Waals surface area contributed by atoms with E-state index in [-0.39, 0.29) is 37.5 Å². The molecule has 58 heavy (non-hydrogen) atoms. The standard InChI is InChI=1S/C46H60N6O6/c1-29(2)39(51-43(55)35(47)25-31-17-9-5-10-18-31)45(57)49-37(27-33-21-13-7-14-22-33)41(53)42(54)38(28-34-23-15-8-16-24-34)50-46(58)40(30(3)4)52-44(56)36(48)26-32-19-11-6-12-20-32/h5-24,29-30,35-42,53-54H,25-28,47-48H2,1-4H3,(H,49,57)(H,50,58)(H,51,55)(H,52,56)/t35-,36-,37+,38+,39-,40-,41+,42+/m0/s1. The Morgan fingerprint density at radius 3 is 0.948 bits per heavy atom. The van der Waals surface area contributed by atoms with Gasteiger partial charge in [-0.3, -0.25) is 19.2 Å². The smallest absolute Gasteiger partial charge is 0.243 e. The molecule has 0 aromatic heterocycles. The van der Waals surface area contributed by atoms with Crippen LogP contribution in [0.15, 0.2) is 121 Å². The largest absolute Gasteiger partial charge is 0.388 e. The van der Waals surface area contributed by atoms with Crippen LogP contribution in [0.4, 0.5) is 0 Å². The summed E-state index contributed by atoms with van der Waals surface area (Å²) in [6, 6.07) is 31.0. The SMILES string of the molecule is CC(C)[C@H](NC(=O)[C@@H](N)Cc1ccccc1)C(=O)N[C@H](Cc1ccccc1)[C@@H](O)[C@H](O)[C@@H](Cc1ccccc1)NC(=O)[C@@H](NC(=O)[C@@H](N)Cc1ccccc1)C(C)C. The van der Waals surface area contributed by atoms with Gasteiger partial charge in [0, 0.05) is 0 Å². The number of hydrogen-bond donors (Lipinski definition) is 8. The number of nitrogens with one attached hydrogen (secondary N) is 4. The van der Waals surface area contributed by atoms with Crippen molar-refractivity contribution in [2.24, 2.45) is 23.3 Å². The molecule has 0 aliphatic rings. The van der Waals surface area contributed by atoms with Gasteiger partial charge in [-0.15, -0.1) is 0 Å². The number of carbonyl (C=O) groups is 4. The lowest BCUT2D eigenvalue weighted by Crippen LogP contribution is -2.62. The molecule has 0 spiro atoms. The quantitative estimate of drug-likeness (QED) is 0.0628. The molecule has 0 fully saturated rings. The number of carbonyl (C=O) groups excluding carboxylic acids is 4. The average Bonchev–Trinajstić information content (AvgIpc) is 3.21. The highest BCUT2D eigenvalue weighted by atomic mass is 16.3. The summed E-state index contributed by atoms with van der Waals surface area (Å²) in [5.41, 5.74) is 15.8. The Labute approximate surface area is 342 Å². The van der Waals surface area contributed by atoms with Crippen LogP contribution in [0.1, 0.15) is 49.9 Å². The van der Waals surface area contributed by atoms with Crippen LogP contribution in [-0.2, 0) is 44.9 Å². The van der Waals surface area contributed by atoms with Crippen LogP contribution in [0.25, 0.3) is 0 Å². The van der Waals surface area contributed by atoms with Gasteiger partial charge < -0.3 is 42.9 Å². The highest BCUT2D eigenvalue weighted by molar-refractivity contribution is 5.91. The predicted octanol–water partition coefficient (Wildman–Crippen LogP) is 2.58. The van der Waals surface area contributed by atoms with Crippen molar-refractivity contribution in [3.05, 3.63) is 144 Å². The lowest BCUT2D eigenvalue weighted by Gasteiger charge is -2.35. The van der Waals surface area contributed by atoms with E-state index in [2.05, 4.69) is 21.3 Å². The summed E-state index contributed by atoms with van der Waals surface area (Å²) in [7, 11) is 0. The molecule has 0 heterocycles. The Hall–Kier alpha value is -5.40. The van der Waals surface area contributed by atoms with Crippen molar-refractivity contribution >= 4 is 23.6 Å². The number of aliphatic hydroxyl groups is 2. The Bertz CT molecular complexity index is 1730. The van der Waals surface area contributed by atoms with E-state index in [1.165, 1.54) is 0 Å². The highest BCUT2D eigenvalue weighted by Gasteiger charge is 2.38. The third-order valence-electron chi connectivity index (χ3n) is 10.2. The molecular formula is C46H60N6O6. The summed E-state index contributed by atoms with van der Waals surface area (Å²) >= 11 is 0. The number of nitrogens with two attached hydrogens (primary N) is 2. The summed E-state index contributed by atoms with van der Waals surface area (Å²) in [5.74, 6) is -2.86. The molecule has 0 aliphatic heterocycles. The first-order chi connectivity index (χ1) is 27.7. The second-order valence-electron chi connectivity index (χ2n) is 15.6. The first-order valence-electron chi connectivity index (χ1n) is 20.0. The van der Waals surface area contributed by atoms with Gasteiger partial charge in [0.25, 0.3) is 0 Å². The molecule has 4 aromatic carbocycles. The van der Waals surface area contributed by atoms with Crippen LogP contribution in [0.2, 0.25) is 0 Å². The fourth-order valence-electron chi connectivity index (χ4n) is 6.78. The van der Waals surface area contributed by atoms with Crippen LogP contribution in [-0.4, -0.2) is 82.3 Å². The normalized spacial score (nSPS) is 15.6. The molecule has 0 saturated heterocycles. The Balaban J connectivity index is 1.56. The third kappa shape index (κ3) is 13.9. The molecule has 4 amide bonds. The van der Waals surface area contributed by atoms with E-state index in [0.29, 0.717) is 0 Å². The van der Waals surface area contributed by atoms with Crippen molar-refractivity contribution in [2.45, 2.75) is 102 Å². The molecular weight excluding hydrogens is 733 g/mol. The van der Waals surface area contributed by atoms with E-state index in [4.69, 9.17) is 11.5 Å². The molecule has 0 aliphatic carbocycles. The zero-order valence-corrected chi connectivity index (χ0v) is 33.8. The molecule has 0 radical (unpaired) electrons. The molecule has 310 valence electrons. The van der Waals surface area contributed by atoms with Crippen molar-refractivity contribution in [1.82, 2.24) is 21.3 Å². The summed E-state index contributed by atoms with van der Waals surface area (Å²) in [6.45, 7) is 7.15. The van der Waals surface area contributed by atoms with E-state index < -0.39 is 72.1 Å². The number of hydrogen-bond acceptors (Lipinski definition) is 8. The Morgan fingerprint density at radius 1 is 0.431 bits per heavy atom. The van der Waals surface area contributed by atoms with E-state index in [1.807, 2.05) is 121 Å². The van der Waals surface area contributed by atoms with Gasteiger partial charge in [-0.05, 0) is 59.8 Å². The number of aliphatic hydroxyl groups excluding tert-OH is 2. The maximum Gasteiger partial charge on any atom is 0.243 e. The minimum absolute atomic E-state index is 0.118. The molecule has 4 aromatic rings. The van der Waals surface area contributed by atoms with E-state index in [9.17, 15) is 29.4 Å². The molecule has 8 atom stereocenters. The monoisotopic (exact) mass is 792 g/mol. The van der Waals surface area contributed by atoms with Gasteiger partial charge in [0.1, 0.15) is 24.3 Å². The van der Waals surface area contributed by atoms with Crippen LogP contribution in [0, 0.1) is 11.8 Å². The summed E-state index contributed by atoms with van der Waals surface area (Å²) < 4.78 is 0. The van der Waals surface area contributed by atoms with E-state index in [1.54, 1.807) is 27.7 Å². The Morgan fingerprint density at radius 2 is 0.690 bits per heavy atom. The Kier molecular flexibility index (Phi) is 17.6. The van der Waals surface area contributed by atoms with Gasteiger partial charge in [0.15, 0.2) is 0 Å². The first kappa shape index (κ1) is 45.3. The van der Waals surface area contributed by atoms with Crippen LogP contribution in [0.5, 0.6) is 0 Å². The lowest BCUT2D eigenvalue weighted by molar-refractivity contribution is -0.133. The second-order valence-corrected chi connectivity index (χ2v) is 15.6. The van der Waals surface area contributed by atoms with Gasteiger partial charge in [-0.1, -0.05) is 149 Å². The first-order valence-corrected chi connectivity index (χ1v) is 20.0. The molecule has 0 unspecified atom stereocenters. The highest BCUT2D eigenvalue weighted by Crippen LogP contribution is 2.17. The second kappa shape index (κ2) is 22.5. The number of benzene rings is 4. The maximum absolute atomic E-state index is 14.0.